The molecule has 0 aliphatic carbocycles. The van der Waals surface area contributed by atoms with Crippen molar-refractivity contribution >= 4 is 29.3 Å². The molecule has 82 valence electrons. The Balaban J connectivity index is 3.03. The molecule has 0 heterocycles. The topological polar surface area (TPSA) is 0 Å². The van der Waals surface area contributed by atoms with Crippen LogP contribution in [0.15, 0.2) is 18.2 Å². The number of hydrogen-bond acceptors (Lipinski definition) is 0. The van der Waals surface area contributed by atoms with E-state index in [-0.39, 0.29) is 21.7 Å². The Hall–Kier alpha value is -0.740. The largest absolute Gasteiger partial charge is 0.409 e. The Morgan fingerprint density at radius 2 is 1.53 bits per heavy atom. The quantitative estimate of drug-likeness (QED) is 0.506. The lowest BCUT2D eigenvalue weighted by atomic mass is 10.2. The van der Waals surface area contributed by atoms with Gasteiger partial charge in [-0.05, 0) is 23.8 Å². The van der Waals surface area contributed by atoms with Crippen molar-refractivity contribution in [3.8, 4) is 0 Å². The number of halogens is 6. The van der Waals surface area contributed by atoms with Crippen molar-refractivity contribution in [2.75, 3.05) is 0 Å². The van der Waals surface area contributed by atoms with Crippen LogP contribution in [-0.2, 0) is 0 Å². The second-order valence-corrected chi connectivity index (χ2v) is 3.49. The fraction of sp³-hybridized carbons (Fsp3) is 0.111. The van der Waals surface area contributed by atoms with E-state index in [0.29, 0.717) is 0 Å². The fourth-order valence-electron chi connectivity index (χ4n) is 0.862. The first-order valence-electron chi connectivity index (χ1n) is 3.70. The lowest BCUT2D eigenvalue weighted by molar-refractivity contribution is -0.0790. The molecule has 0 nitrogen and oxygen atoms in total. The van der Waals surface area contributed by atoms with Crippen LogP contribution in [0, 0.1) is 5.82 Å². The molecule has 0 aromatic heterocycles. The Morgan fingerprint density at radius 1 is 1.07 bits per heavy atom. The second kappa shape index (κ2) is 4.41. The fourth-order valence-corrected chi connectivity index (χ4v) is 1.37. The summed E-state index contributed by atoms with van der Waals surface area (Å²) in [6.07, 6.45) is -3.64. The third kappa shape index (κ3) is 3.72. The molecule has 0 radical (unpaired) electrons. The summed E-state index contributed by atoms with van der Waals surface area (Å²) >= 11 is 10.8. The average molecular weight is 259 g/mol. The summed E-state index contributed by atoms with van der Waals surface area (Å²) < 4.78 is 48.3. The van der Waals surface area contributed by atoms with Gasteiger partial charge >= 0.3 is 6.18 Å². The third-order valence-electron chi connectivity index (χ3n) is 1.47. The summed E-state index contributed by atoms with van der Waals surface area (Å²) in [5.74, 6) is -0.845. The number of alkyl halides is 3. The van der Waals surface area contributed by atoms with Crippen molar-refractivity contribution in [1.29, 1.82) is 0 Å². The molecule has 1 aromatic carbocycles. The summed E-state index contributed by atoms with van der Waals surface area (Å²) in [6.45, 7) is 0. The van der Waals surface area contributed by atoms with Crippen LogP contribution in [-0.4, -0.2) is 6.18 Å². The highest BCUT2D eigenvalue weighted by Crippen LogP contribution is 2.26. The minimum Gasteiger partial charge on any atom is -0.204 e. The summed E-state index contributed by atoms with van der Waals surface area (Å²) in [4.78, 5) is 0. The van der Waals surface area contributed by atoms with E-state index in [9.17, 15) is 17.6 Å². The molecule has 0 fully saturated rings. The molecule has 15 heavy (non-hydrogen) atoms. The van der Waals surface area contributed by atoms with E-state index >= 15 is 0 Å². The maximum atomic E-state index is 12.9. The number of rotatable bonds is 1. The van der Waals surface area contributed by atoms with Gasteiger partial charge in [0.2, 0.25) is 0 Å². The molecule has 0 N–H and O–H groups in total. The molecule has 1 aromatic rings. The van der Waals surface area contributed by atoms with E-state index in [1.54, 1.807) is 0 Å². The maximum absolute atomic E-state index is 12.9. The van der Waals surface area contributed by atoms with E-state index in [1.807, 2.05) is 0 Å². The van der Waals surface area contributed by atoms with Gasteiger partial charge in [-0.3, -0.25) is 0 Å². The zero-order valence-electron chi connectivity index (χ0n) is 7.08. The van der Waals surface area contributed by atoms with Gasteiger partial charge < -0.3 is 0 Å². The van der Waals surface area contributed by atoms with Gasteiger partial charge in [0.15, 0.2) is 5.82 Å². The predicted molar refractivity (Wildman–Crippen MR) is 51.5 cm³/mol. The van der Waals surface area contributed by atoms with Gasteiger partial charge in [-0.2, -0.15) is 13.2 Å². The molecule has 0 aliphatic heterocycles. The molecule has 0 aliphatic rings. The summed E-state index contributed by atoms with van der Waals surface area (Å²) in [5, 5.41) is -0.631. The number of allylic oxidation sites excluding steroid dienone is 1. The second-order valence-electron chi connectivity index (χ2n) is 2.67. The first kappa shape index (κ1) is 12.3. The van der Waals surface area contributed by atoms with Crippen molar-refractivity contribution in [2.24, 2.45) is 0 Å². The van der Waals surface area contributed by atoms with Crippen LogP contribution >= 0.6 is 23.2 Å². The summed E-state index contributed by atoms with van der Waals surface area (Å²) in [7, 11) is 0. The van der Waals surface area contributed by atoms with Gasteiger partial charge in [0, 0.05) is 6.08 Å². The number of benzene rings is 1. The lowest BCUT2D eigenvalue weighted by Gasteiger charge is -2.01. The molecule has 1 rings (SSSR count). The molecule has 0 saturated heterocycles. The van der Waals surface area contributed by atoms with Crippen molar-refractivity contribution in [1.82, 2.24) is 0 Å². The van der Waals surface area contributed by atoms with E-state index < -0.39 is 12.0 Å². The van der Waals surface area contributed by atoms with Gasteiger partial charge in [0.05, 0.1) is 10.0 Å². The number of hydrogen-bond donors (Lipinski definition) is 0. The first-order valence-corrected chi connectivity index (χ1v) is 4.46. The Labute approximate surface area is 93.1 Å². The van der Waals surface area contributed by atoms with Gasteiger partial charge in [-0.25, -0.2) is 4.39 Å². The van der Waals surface area contributed by atoms with E-state index in [1.165, 1.54) is 0 Å². The minimum atomic E-state index is -4.42. The average Bonchev–Trinajstić information content (AvgIpc) is 2.09. The van der Waals surface area contributed by atoms with Crippen LogP contribution in [0.4, 0.5) is 17.6 Å². The van der Waals surface area contributed by atoms with Crippen LogP contribution in [0.5, 0.6) is 0 Å². The molecule has 0 spiro atoms. The molecular formula is C9H4Cl2F4. The summed E-state index contributed by atoms with van der Waals surface area (Å²) in [5.41, 5.74) is 0.0868. The molecule has 0 saturated carbocycles. The SMILES string of the molecule is Fc1c(Cl)cc(C=CC(F)(F)F)cc1Cl. The highest BCUT2D eigenvalue weighted by Gasteiger charge is 2.21. The van der Waals surface area contributed by atoms with Gasteiger partial charge in [0.1, 0.15) is 0 Å². The first-order chi connectivity index (χ1) is 6.79. The van der Waals surface area contributed by atoms with Gasteiger partial charge in [-0.15, -0.1) is 0 Å². The molecule has 0 amide bonds. The monoisotopic (exact) mass is 258 g/mol. The molecular weight excluding hydrogens is 255 g/mol. The molecule has 0 bridgehead atoms. The van der Waals surface area contributed by atoms with Crippen molar-refractivity contribution in [3.63, 3.8) is 0 Å². The zero-order valence-corrected chi connectivity index (χ0v) is 8.59. The zero-order chi connectivity index (χ0) is 11.6. The molecule has 6 heteroatoms. The van der Waals surface area contributed by atoms with Crippen molar-refractivity contribution in [3.05, 3.63) is 39.6 Å². The lowest BCUT2D eigenvalue weighted by Crippen LogP contribution is -2.00. The van der Waals surface area contributed by atoms with Crippen LogP contribution in [0.1, 0.15) is 5.56 Å². The highest BCUT2D eigenvalue weighted by atomic mass is 35.5. The van der Waals surface area contributed by atoms with Crippen LogP contribution in [0.3, 0.4) is 0 Å². The van der Waals surface area contributed by atoms with Gasteiger partial charge in [0.25, 0.3) is 0 Å². The van der Waals surface area contributed by atoms with Crippen molar-refractivity contribution < 1.29 is 17.6 Å². The maximum Gasteiger partial charge on any atom is 0.409 e. The third-order valence-corrected chi connectivity index (χ3v) is 2.02. The van der Waals surface area contributed by atoms with Crippen LogP contribution in [0.2, 0.25) is 10.0 Å². The van der Waals surface area contributed by atoms with E-state index in [2.05, 4.69) is 0 Å². The summed E-state index contributed by atoms with van der Waals surface area (Å²) in [6, 6.07) is 2.12. The van der Waals surface area contributed by atoms with Crippen LogP contribution in [0.25, 0.3) is 6.08 Å². The van der Waals surface area contributed by atoms with E-state index in [4.69, 9.17) is 23.2 Å². The standard InChI is InChI=1S/C9H4Cl2F4/c10-6-3-5(1-2-9(13,14)15)4-7(11)8(6)12/h1-4H. The van der Waals surface area contributed by atoms with E-state index in [0.717, 1.165) is 18.2 Å². The van der Waals surface area contributed by atoms with Crippen LogP contribution < -0.4 is 0 Å². The van der Waals surface area contributed by atoms with Gasteiger partial charge in [-0.1, -0.05) is 23.2 Å². The Kier molecular flexibility index (Phi) is 3.62. The predicted octanol–water partition coefficient (Wildman–Crippen LogP) is 4.71. The smallest absolute Gasteiger partial charge is 0.204 e. The molecule has 0 atom stereocenters. The van der Waals surface area contributed by atoms with Crippen molar-refractivity contribution in [2.45, 2.75) is 6.18 Å². The Bertz CT molecular complexity index is 373. The molecule has 0 unspecified atom stereocenters. The Morgan fingerprint density at radius 3 is 1.93 bits per heavy atom. The minimum absolute atomic E-state index is 0.0207. The normalized spacial score (nSPS) is 12.4. The highest BCUT2D eigenvalue weighted by molar-refractivity contribution is 6.35.